The van der Waals surface area contributed by atoms with Gasteiger partial charge in [-0.2, -0.15) is 0 Å². The molecule has 0 saturated heterocycles. The molecule has 0 radical (unpaired) electrons. The monoisotopic (exact) mass is 741 g/mol. The van der Waals surface area contributed by atoms with E-state index in [1.54, 1.807) is 18.2 Å². The van der Waals surface area contributed by atoms with Crippen LogP contribution < -0.4 is 10.6 Å². The third-order valence-corrected chi connectivity index (χ3v) is 10.0. The van der Waals surface area contributed by atoms with Gasteiger partial charge in [0.15, 0.2) is 0 Å². The van der Waals surface area contributed by atoms with Gasteiger partial charge in [-0.25, -0.2) is 14.4 Å². The van der Waals surface area contributed by atoms with Gasteiger partial charge in [0, 0.05) is 40.7 Å². The van der Waals surface area contributed by atoms with Crippen LogP contribution in [0.5, 0.6) is 0 Å². The number of carbonyl (C=O) groups excluding carboxylic acids is 1. The average Bonchev–Trinajstić information content (AvgIpc) is 3.99. The number of nitrogens with zero attached hydrogens (tertiary/aromatic N) is 1. The van der Waals surface area contributed by atoms with Crippen molar-refractivity contribution in [2.45, 2.75) is 91.6 Å². The fraction of sp³-hybridized carbons (Fsp3) is 0.340. The first kappa shape index (κ1) is 42.1. The van der Waals surface area contributed by atoms with Gasteiger partial charge in [-0.15, -0.1) is 0 Å². The van der Waals surface area contributed by atoms with E-state index in [1.807, 2.05) is 44.2 Å². The number of carboxylic acid groups (broad SMARTS) is 2. The molecule has 55 heavy (non-hydrogen) atoms. The number of rotatable bonds is 10. The molecule has 8 nitrogen and oxygen atoms in total. The van der Waals surface area contributed by atoms with E-state index >= 15 is 0 Å². The Morgan fingerprint density at radius 1 is 0.909 bits per heavy atom. The van der Waals surface area contributed by atoms with E-state index in [4.69, 9.17) is 10.2 Å². The maximum atomic E-state index is 12.4. The summed E-state index contributed by atoms with van der Waals surface area (Å²) in [6.07, 6.45) is 12.9. The first-order valence-corrected chi connectivity index (χ1v) is 18.9. The Labute approximate surface area is 326 Å². The van der Waals surface area contributed by atoms with Gasteiger partial charge in [0.05, 0.1) is 5.56 Å². The number of aliphatic carboxylic acids is 1. The van der Waals surface area contributed by atoms with Crippen LogP contribution in [0.3, 0.4) is 0 Å². The Hall–Kier alpha value is -5.65. The number of aromatic carboxylic acids is 1. The molecule has 0 aliphatic heterocycles. The number of amides is 2. The number of urea groups is 1. The van der Waals surface area contributed by atoms with Crippen molar-refractivity contribution in [3.8, 4) is 11.8 Å². The molecule has 0 heterocycles. The summed E-state index contributed by atoms with van der Waals surface area (Å²) in [5.41, 5.74) is 9.08. The van der Waals surface area contributed by atoms with Crippen LogP contribution in [0.1, 0.15) is 118 Å². The molecule has 1 fully saturated rings. The number of carboxylic acids is 2. The minimum atomic E-state index is -0.990. The van der Waals surface area contributed by atoms with Gasteiger partial charge in [-0.1, -0.05) is 70.4 Å². The molecule has 2 aliphatic rings. The summed E-state index contributed by atoms with van der Waals surface area (Å²) in [6.45, 7) is 16.8. The Balaban J connectivity index is 0.000000250. The van der Waals surface area contributed by atoms with Gasteiger partial charge >= 0.3 is 18.0 Å². The molecular formula is C47H55N3O5. The quantitative estimate of drug-likeness (QED) is 0.0933. The second kappa shape index (κ2) is 19.1. The molecule has 2 atom stereocenters. The zero-order chi connectivity index (χ0) is 40.3. The molecule has 2 amide bonds. The van der Waals surface area contributed by atoms with Crippen LogP contribution >= 0.6 is 0 Å². The van der Waals surface area contributed by atoms with Gasteiger partial charge < -0.3 is 20.8 Å². The van der Waals surface area contributed by atoms with Crippen molar-refractivity contribution >= 4 is 35.4 Å². The van der Waals surface area contributed by atoms with Crippen molar-refractivity contribution in [2.75, 3.05) is 17.7 Å². The van der Waals surface area contributed by atoms with Crippen molar-refractivity contribution in [2.24, 2.45) is 5.41 Å². The number of hydrogen-bond acceptors (Lipinski definition) is 4. The number of anilines is 2. The number of benzene rings is 3. The van der Waals surface area contributed by atoms with E-state index in [0.717, 1.165) is 46.5 Å². The number of carbonyl (C=O) groups is 3. The number of hydrogen-bond donors (Lipinski definition) is 4. The molecule has 288 valence electrons. The highest BCUT2D eigenvalue weighted by atomic mass is 16.4. The molecule has 1 saturated carbocycles. The zero-order valence-electron chi connectivity index (χ0n) is 33.2. The van der Waals surface area contributed by atoms with Gasteiger partial charge in [-0.3, -0.25) is 4.90 Å². The van der Waals surface area contributed by atoms with Crippen LogP contribution in [-0.2, 0) is 4.79 Å². The summed E-state index contributed by atoms with van der Waals surface area (Å²) in [4.78, 5) is 36.5. The van der Waals surface area contributed by atoms with E-state index in [0.29, 0.717) is 17.6 Å². The van der Waals surface area contributed by atoms with Crippen LogP contribution in [0.25, 0.3) is 6.08 Å². The predicted molar refractivity (Wildman–Crippen MR) is 224 cm³/mol. The van der Waals surface area contributed by atoms with Crippen molar-refractivity contribution in [1.29, 1.82) is 0 Å². The van der Waals surface area contributed by atoms with Crippen molar-refractivity contribution in [3.05, 3.63) is 136 Å². The first-order valence-electron chi connectivity index (χ1n) is 18.9. The Kier molecular flexibility index (Phi) is 14.6. The fourth-order valence-electron chi connectivity index (χ4n) is 6.69. The van der Waals surface area contributed by atoms with E-state index in [9.17, 15) is 14.4 Å². The lowest BCUT2D eigenvalue weighted by atomic mass is 9.78. The number of nitrogens with one attached hydrogen (secondary N) is 2. The summed E-state index contributed by atoms with van der Waals surface area (Å²) in [5.74, 6) is 4.93. The van der Waals surface area contributed by atoms with Crippen LogP contribution in [0.4, 0.5) is 16.2 Å². The van der Waals surface area contributed by atoms with Crippen molar-refractivity contribution in [1.82, 2.24) is 4.90 Å². The van der Waals surface area contributed by atoms with Gasteiger partial charge in [0.2, 0.25) is 0 Å². The topological polar surface area (TPSA) is 119 Å². The molecule has 8 heteroatoms. The molecule has 0 spiro atoms. The van der Waals surface area contributed by atoms with Crippen molar-refractivity contribution in [3.63, 3.8) is 0 Å². The SMILES string of the molecule is C=C(C)/C(C#Cc1ccc(/C=C/C(=O)O)cc1)=C\C(=C/C)C(C)(C)C.CCC1CCC(N(C)C2CC2)c2ccc(NC(=O)Nc3ccc(C(=O)O)cc3)cc21. The number of fused-ring (bicyclic) bond motifs is 1. The van der Waals surface area contributed by atoms with Gasteiger partial charge in [0.25, 0.3) is 0 Å². The molecule has 3 aromatic rings. The molecule has 0 bridgehead atoms. The standard InChI is InChI=1S/C24H29N3O3.C23H26O2/c1-3-15-6-13-22(27(2)19-10-11-19)20-12-9-18(14-21(15)20)26-24(30)25-17-7-4-16(5-8-17)23(28)29;1-7-21(23(4,5)6)16-20(17(2)3)14-12-18-8-10-19(11-9-18)13-15-22(24)25/h4-5,7-9,12,14-15,19,22H,3,6,10-11,13H2,1-2H3,(H,28,29)(H2,25,26,30);7-11,13,15-16H,2H2,1,3-6H3,(H,24,25)/b;15-13+,20-16-,21-7+. The Bertz CT molecular complexity index is 2020. The highest BCUT2D eigenvalue weighted by Gasteiger charge is 2.36. The largest absolute Gasteiger partial charge is 0.478 e. The minimum absolute atomic E-state index is 0.0508. The molecule has 4 N–H and O–H groups in total. The second-order valence-corrected chi connectivity index (χ2v) is 15.3. The summed E-state index contributed by atoms with van der Waals surface area (Å²) >= 11 is 0. The average molecular weight is 742 g/mol. The number of allylic oxidation sites excluding steroid dienone is 5. The minimum Gasteiger partial charge on any atom is -0.478 e. The Morgan fingerprint density at radius 2 is 1.55 bits per heavy atom. The van der Waals surface area contributed by atoms with E-state index in [-0.39, 0.29) is 17.0 Å². The van der Waals surface area contributed by atoms with E-state index in [1.165, 1.54) is 54.5 Å². The highest BCUT2D eigenvalue weighted by Crippen LogP contribution is 2.45. The molecule has 2 unspecified atom stereocenters. The highest BCUT2D eigenvalue weighted by molar-refractivity contribution is 6.00. The third kappa shape index (κ3) is 12.4. The second-order valence-electron chi connectivity index (χ2n) is 15.3. The van der Waals surface area contributed by atoms with Gasteiger partial charge in [-0.05, 0) is 153 Å². The summed E-state index contributed by atoms with van der Waals surface area (Å²) in [6, 6.07) is 20.7. The van der Waals surface area contributed by atoms with Crippen molar-refractivity contribution < 1.29 is 24.6 Å². The van der Waals surface area contributed by atoms with E-state index < -0.39 is 11.9 Å². The summed E-state index contributed by atoms with van der Waals surface area (Å²) in [5, 5.41) is 23.3. The first-order chi connectivity index (χ1) is 26.1. The maximum Gasteiger partial charge on any atom is 0.335 e. The van der Waals surface area contributed by atoms with Crippen LogP contribution in [0.2, 0.25) is 0 Å². The lowest BCUT2D eigenvalue weighted by Gasteiger charge is -2.37. The summed E-state index contributed by atoms with van der Waals surface area (Å²) < 4.78 is 0. The lowest BCUT2D eigenvalue weighted by molar-refractivity contribution is -0.131. The van der Waals surface area contributed by atoms with E-state index in [2.05, 4.69) is 93.0 Å². The maximum absolute atomic E-state index is 12.4. The predicted octanol–water partition coefficient (Wildman–Crippen LogP) is 11.1. The summed E-state index contributed by atoms with van der Waals surface area (Å²) in [7, 11) is 2.24. The Morgan fingerprint density at radius 3 is 2.09 bits per heavy atom. The zero-order valence-corrected chi connectivity index (χ0v) is 33.2. The lowest BCUT2D eigenvalue weighted by Crippen LogP contribution is -2.30. The normalized spacial score (nSPS) is 16.9. The van der Waals surface area contributed by atoms with Crippen LogP contribution in [0.15, 0.2) is 108 Å². The molecule has 3 aromatic carbocycles. The molecule has 2 aliphatic carbocycles. The molecular weight excluding hydrogens is 687 g/mol. The van der Waals surface area contributed by atoms with Crippen LogP contribution in [0, 0.1) is 17.3 Å². The smallest absolute Gasteiger partial charge is 0.335 e. The van der Waals surface area contributed by atoms with Gasteiger partial charge in [0.1, 0.15) is 0 Å². The molecule has 5 rings (SSSR count). The fourth-order valence-corrected chi connectivity index (χ4v) is 6.69. The molecule has 0 aromatic heterocycles. The third-order valence-electron chi connectivity index (χ3n) is 10.0. The van der Waals surface area contributed by atoms with Crippen LogP contribution in [-0.4, -0.2) is 46.2 Å².